The fourth-order valence-electron chi connectivity index (χ4n) is 0.753. The van der Waals surface area contributed by atoms with E-state index in [1.165, 1.54) is 0 Å². The number of alkyl halides is 3. The molecule has 0 bridgehead atoms. The predicted molar refractivity (Wildman–Crippen MR) is 68.9 cm³/mol. The van der Waals surface area contributed by atoms with E-state index in [2.05, 4.69) is 4.98 Å². The minimum Gasteiger partial charge on any atom is -0.384 e. The summed E-state index contributed by atoms with van der Waals surface area (Å²) in [5.74, 6) is 0. The van der Waals surface area contributed by atoms with Crippen molar-refractivity contribution in [3.8, 4) is 0 Å². The van der Waals surface area contributed by atoms with Gasteiger partial charge in [-0.3, -0.25) is 4.98 Å². The number of ether oxygens (including phenoxy) is 1. The Balaban J connectivity index is 0.000000325. The highest BCUT2D eigenvalue weighted by Gasteiger charge is 2.12. The summed E-state index contributed by atoms with van der Waals surface area (Å²) >= 11 is 15.0. The highest BCUT2D eigenvalue weighted by molar-refractivity contribution is 6.74. The van der Waals surface area contributed by atoms with Crippen molar-refractivity contribution in [2.24, 2.45) is 0 Å². The number of pyridine rings is 1. The number of nitrogens with zero attached hydrogens (tertiary/aromatic N) is 1. The van der Waals surface area contributed by atoms with Crippen LogP contribution in [0.25, 0.3) is 0 Å². The van der Waals surface area contributed by atoms with E-state index in [0.29, 0.717) is 0 Å². The zero-order valence-electron chi connectivity index (χ0n) is 8.79. The molecular formula is C10H13Cl3N2O. The second-order valence-electron chi connectivity index (χ2n) is 2.75. The zero-order valence-corrected chi connectivity index (χ0v) is 11.1. The zero-order chi connectivity index (χ0) is 12.4. The Kier molecular flexibility index (Phi) is 8.57. The van der Waals surface area contributed by atoms with Crippen molar-refractivity contribution in [2.45, 2.75) is 10.2 Å². The maximum atomic E-state index is 6.33. The molecule has 1 aromatic rings. The van der Waals surface area contributed by atoms with E-state index in [4.69, 9.17) is 44.9 Å². The summed E-state index contributed by atoms with van der Waals surface area (Å²) in [7, 11) is 1.70. The number of hydrogen-bond acceptors (Lipinski definition) is 3. The van der Waals surface area contributed by atoms with Gasteiger partial charge in [0, 0.05) is 31.6 Å². The van der Waals surface area contributed by atoms with Crippen molar-refractivity contribution >= 4 is 41.0 Å². The molecule has 0 unspecified atom stereocenters. The third-order valence-electron chi connectivity index (χ3n) is 1.45. The normalized spacial score (nSPS) is 10.2. The van der Waals surface area contributed by atoms with E-state index >= 15 is 0 Å². The van der Waals surface area contributed by atoms with Crippen LogP contribution in [-0.4, -0.2) is 28.7 Å². The Morgan fingerprint density at radius 2 is 2.06 bits per heavy atom. The third kappa shape index (κ3) is 10.2. The molecule has 0 spiro atoms. The van der Waals surface area contributed by atoms with Gasteiger partial charge in [0.25, 0.3) is 0 Å². The quantitative estimate of drug-likeness (QED) is 0.683. The summed E-state index contributed by atoms with van der Waals surface area (Å²) in [6.07, 6.45) is 3.43. The minimum atomic E-state index is -1.50. The van der Waals surface area contributed by atoms with Crippen molar-refractivity contribution in [3.63, 3.8) is 0 Å². The first kappa shape index (κ1) is 15.7. The summed E-state index contributed by atoms with van der Waals surface area (Å²) < 4.78 is 3.41. The van der Waals surface area contributed by atoms with Gasteiger partial charge in [-0.1, -0.05) is 40.9 Å². The lowest BCUT2D eigenvalue weighted by atomic mass is 10.3. The molecule has 0 aliphatic heterocycles. The lowest BCUT2D eigenvalue weighted by Crippen LogP contribution is -2.00. The molecule has 0 aromatic carbocycles. The van der Waals surface area contributed by atoms with Gasteiger partial charge in [0.1, 0.15) is 0 Å². The molecule has 0 aliphatic carbocycles. The average Bonchev–Trinajstić information content (AvgIpc) is 2.28. The van der Waals surface area contributed by atoms with E-state index in [1.54, 1.807) is 13.3 Å². The van der Waals surface area contributed by atoms with Crippen molar-refractivity contribution < 1.29 is 4.74 Å². The lowest BCUT2D eigenvalue weighted by Gasteiger charge is -1.96. The maximum absolute atomic E-state index is 6.33. The van der Waals surface area contributed by atoms with Gasteiger partial charge in [0.15, 0.2) is 0 Å². The summed E-state index contributed by atoms with van der Waals surface area (Å²) in [6, 6.07) is 5.90. The van der Waals surface area contributed by atoms with Gasteiger partial charge in [-0.05, 0) is 12.1 Å². The molecule has 6 heteroatoms. The molecule has 90 valence electrons. The topological polar surface area (TPSA) is 46.0 Å². The molecule has 1 N–H and O–H groups in total. The van der Waals surface area contributed by atoms with E-state index in [1.807, 2.05) is 18.2 Å². The Hall–Kier alpha value is -0.350. The molecule has 0 aliphatic rings. The van der Waals surface area contributed by atoms with Gasteiger partial charge in [0.2, 0.25) is 3.79 Å². The first-order valence-corrected chi connectivity index (χ1v) is 5.60. The summed E-state index contributed by atoms with van der Waals surface area (Å²) in [5, 5.41) is 6.33. The fraction of sp³-hybridized carbons (Fsp3) is 0.400. The molecule has 1 rings (SSSR count). The van der Waals surface area contributed by atoms with Crippen molar-refractivity contribution in [3.05, 3.63) is 30.1 Å². The van der Waals surface area contributed by atoms with Crippen molar-refractivity contribution in [1.29, 1.82) is 5.41 Å². The van der Waals surface area contributed by atoms with E-state index < -0.39 is 3.79 Å². The minimum absolute atomic E-state index is 0.734. The van der Waals surface area contributed by atoms with Crippen LogP contribution in [0.1, 0.15) is 5.69 Å². The molecule has 1 aromatic heterocycles. The molecule has 0 atom stereocenters. The number of nitrogens with one attached hydrogen (secondary N) is 1. The van der Waals surface area contributed by atoms with E-state index in [9.17, 15) is 0 Å². The van der Waals surface area contributed by atoms with Crippen molar-refractivity contribution in [2.75, 3.05) is 13.7 Å². The SMILES string of the molecule is COCCc1ccccn1.N=CC(Cl)(Cl)Cl. The van der Waals surface area contributed by atoms with Crippen LogP contribution in [0.2, 0.25) is 0 Å². The molecule has 16 heavy (non-hydrogen) atoms. The molecule has 1 heterocycles. The molecule has 0 fully saturated rings. The average molecular weight is 284 g/mol. The largest absolute Gasteiger partial charge is 0.384 e. The standard InChI is InChI=1S/C8H11NO.C2H2Cl3N/c1-10-7-5-8-4-2-3-6-9-8;3-2(4,5)1-6/h2-4,6H,5,7H2,1H3;1,6H. The number of rotatable bonds is 3. The molecule has 0 saturated carbocycles. The molecule has 0 amide bonds. The number of hydrogen-bond donors (Lipinski definition) is 1. The first-order chi connectivity index (χ1) is 7.49. The molecule has 0 radical (unpaired) electrons. The van der Waals surface area contributed by atoms with Crippen LogP contribution in [0.5, 0.6) is 0 Å². The highest BCUT2D eigenvalue weighted by atomic mass is 35.6. The number of aromatic nitrogens is 1. The third-order valence-corrected chi connectivity index (χ3v) is 1.78. The van der Waals surface area contributed by atoms with Gasteiger partial charge in [-0.25, -0.2) is 0 Å². The van der Waals surface area contributed by atoms with Crippen LogP contribution in [0.3, 0.4) is 0 Å². The van der Waals surface area contributed by atoms with Gasteiger partial charge < -0.3 is 10.1 Å². The summed E-state index contributed by atoms with van der Waals surface area (Å²) in [4.78, 5) is 4.14. The van der Waals surface area contributed by atoms with Crippen LogP contribution in [-0.2, 0) is 11.2 Å². The number of methoxy groups -OCH3 is 1. The smallest absolute Gasteiger partial charge is 0.225 e. The van der Waals surface area contributed by atoms with E-state index in [0.717, 1.165) is 24.9 Å². The lowest BCUT2D eigenvalue weighted by molar-refractivity contribution is 0.201. The summed E-state index contributed by atoms with van der Waals surface area (Å²) in [6.45, 7) is 0.747. The van der Waals surface area contributed by atoms with E-state index in [-0.39, 0.29) is 0 Å². The van der Waals surface area contributed by atoms with Crippen molar-refractivity contribution in [1.82, 2.24) is 4.98 Å². The Labute approximate surface area is 110 Å². The van der Waals surface area contributed by atoms with Gasteiger partial charge >= 0.3 is 0 Å². The summed E-state index contributed by atoms with van der Waals surface area (Å²) in [5.41, 5.74) is 1.09. The Morgan fingerprint density at radius 3 is 2.44 bits per heavy atom. The fourth-order valence-corrected chi connectivity index (χ4v) is 0.753. The van der Waals surface area contributed by atoms with Gasteiger partial charge in [-0.2, -0.15) is 0 Å². The highest BCUT2D eigenvalue weighted by Crippen LogP contribution is 2.21. The second-order valence-corrected chi connectivity index (χ2v) is 5.12. The molecular weight excluding hydrogens is 270 g/mol. The molecule has 3 nitrogen and oxygen atoms in total. The van der Waals surface area contributed by atoms with Gasteiger partial charge in [-0.15, -0.1) is 0 Å². The van der Waals surface area contributed by atoms with Gasteiger partial charge in [0.05, 0.1) is 6.61 Å². The second kappa shape index (κ2) is 8.76. The first-order valence-electron chi connectivity index (χ1n) is 4.47. The maximum Gasteiger partial charge on any atom is 0.225 e. The van der Waals surface area contributed by atoms with Crippen LogP contribution in [0.15, 0.2) is 24.4 Å². The van der Waals surface area contributed by atoms with Crippen LogP contribution < -0.4 is 0 Å². The molecule has 0 saturated heterocycles. The Bertz CT molecular complexity index is 288. The van der Waals surface area contributed by atoms with Crippen LogP contribution in [0.4, 0.5) is 0 Å². The Morgan fingerprint density at radius 1 is 1.44 bits per heavy atom. The monoisotopic (exact) mass is 282 g/mol. The number of halogens is 3. The predicted octanol–water partition coefficient (Wildman–Crippen LogP) is 3.28. The van der Waals surface area contributed by atoms with Crippen LogP contribution in [0, 0.1) is 5.41 Å². The van der Waals surface area contributed by atoms with Crippen LogP contribution >= 0.6 is 34.8 Å².